The van der Waals surface area contributed by atoms with Crippen LogP contribution in [0.2, 0.25) is 5.15 Å². The predicted molar refractivity (Wildman–Crippen MR) is 74.8 cm³/mol. The molecule has 0 amide bonds. The van der Waals surface area contributed by atoms with Crippen molar-refractivity contribution >= 4 is 23.4 Å². The molecule has 17 heavy (non-hydrogen) atoms. The van der Waals surface area contributed by atoms with Gasteiger partial charge in [-0.2, -0.15) is 16.9 Å². The maximum atomic E-state index is 6.20. The number of aromatic nitrogens is 2. The highest BCUT2D eigenvalue weighted by Crippen LogP contribution is 2.42. The van der Waals surface area contributed by atoms with Crippen molar-refractivity contribution in [2.45, 2.75) is 37.5 Å². The predicted octanol–water partition coefficient (Wildman–Crippen LogP) is 2.76. The van der Waals surface area contributed by atoms with Crippen molar-refractivity contribution < 1.29 is 0 Å². The lowest BCUT2D eigenvalue weighted by Gasteiger charge is -2.40. The Balaban J connectivity index is 1.90. The van der Waals surface area contributed by atoms with Gasteiger partial charge < -0.3 is 5.32 Å². The Labute approximate surface area is 112 Å². The maximum absolute atomic E-state index is 6.20. The van der Waals surface area contributed by atoms with E-state index < -0.39 is 0 Å². The number of hydrogen-bond donors (Lipinski definition) is 1. The fourth-order valence-corrected chi connectivity index (χ4v) is 3.50. The van der Waals surface area contributed by atoms with E-state index in [0.717, 1.165) is 29.5 Å². The quantitative estimate of drug-likeness (QED) is 0.895. The van der Waals surface area contributed by atoms with Crippen molar-refractivity contribution in [3.05, 3.63) is 16.4 Å². The van der Waals surface area contributed by atoms with Gasteiger partial charge in [-0.3, -0.25) is 4.68 Å². The van der Waals surface area contributed by atoms with Crippen LogP contribution in [0.25, 0.3) is 0 Å². The largest absolute Gasteiger partial charge is 0.311 e. The van der Waals surface area contributed by atoms with Crippen LogP contribution in [0.3, 0.4) is 0 Å². The molecule has 1 aliphatic rings. The second kappa shape index (κ2) is 5.21. The molecule has 0 atom stereocenters. The number of nitrogens with zero attached hydrogens (tertiary/aromatic N) is 2. The molecule has 1 heterocycles. The van der Waals surface area contributed by atoms with Gasteiger partial charge in [0.15, 0.2) is 0 Å². The summed E-state index contributed by atoms with van der Waals surface area (Å²) in [5, 5.41) is 8.60. The topological polar surface area (TPSA) is 29.9 Å². The molecule has 1 aromatic heterocycles. The molecular weight excluding hydrogens is 254 g/mol. The lowest BCUT2D eigenvalue weighted by atomic mass is 9.84. The van der Waals surface area contributed by atoms with E-state index in [1.54, 1.807) is 4.68 Å². The van der Waals surface area contributed by atoms with Gasteiger partial charge >= 0.3 is 0 Å². The molecule has 5 heteroatoms. The molecule has 0 aromatic carbocycles. The van der Waals surface area contributed by atoms with Crippen LogP contribution in [-0.4, -0.2) is 27.3 Å². The van der Waals surface area contributed by atoms with E-state index in [0.29, 0.717) is 4.75 Å². The first-order valence-electron chi connectivity index (χ1n) is 6.02. The van der Waals surface area contributed by atoms with E-state index in [1.807, 2.05) is 25.7 Å². The van der Waals surface area contributed by atoms with Gasteiger partial charge in [0.2, 0.25) is 0 Å². The molecule has 1 fully saturated rings. The first-order valence-corrected chi connectivity index (χ1v) is 7.62. The molecule has 1 N–H and O–H groups in total. The van der Waals surface area contributed by atoms with Gasteiger partial charge in [0.1, 0.15) is 5.15 Å². The molecule has 3 nitrogen and oxygen atoms in total. The lowest BCUT2D eigenvalue weighted by Crippen LogP contribution is -2.43. The number of aryl methyl sites for hydroxylation is 2. The first kappa shape index (κ1) is 13.2. The van der Waals surface area contributed by atoms with Crippen molar-refractivity contribution in [3.63, 3.8) is 0 Å². The number of rotatable bonds is 5. The van der Waals surface area contributed by atoms with Crippen molar-refractivity contribution in [2.75, 3.05) is 12.8 Å². The summed E-state index contributed by atoms with van der Waals surface area (Å²) in [5.74, 6) is 0. The van der Waals surface area contributed by atoms with Crippen molar-refractivity contribution in [2.24, 2.45) is 7.05 Å². The van der Waals surface area contributed by atoms with E-state index in [9.17, 15) is 0 Å². The first-order chi connectivity index (χ1) is 8.08. The highest BCUT2D eigenvalue weighted by atomic mass is 35.5. The lowest BCUT2D eigenvalue weighted by molar-refractivity contribution is 0.345. The maximum Gasteiger partial charge on any atom is 0.131 e. The third kappa shape index (κ3) is 2.64. The van der Waals surface area contributed by atoms with E-state index in [2.05, 4.69) is 16.7 Å². The Morgan fingerprint density at radius 1 is 1.53 bits per heavy atom. The summed E-state index contributed by atoms with van der Waals surface area (Å²) in [7, 11) is 1.88. The number of halogens is 1. The number of nitrogens with one attached hydrogen (secondary N) is 1. The Morgan fingerprint density at radius 2 is 2.24 bits per heavy atom. The Kier molecular flexibility index (Phi) is 4.06. The molecule has 1 aromatic rings. The molecule has 0 bridgehead atoms. The third-order valence-corrected chi connectivity index (χ3v) is 5.61. The van der Waals surface area contributed by atoms with E-state index in [4.69, 9.17) is 11.6 Å². The minimum absolute atomic E-state index is 0.475. The van der Waals surface area contributed by atoms with Crippen LogP contribution in [0.15, 0.2) is 0 Å². The van der Waals surface area contributed by atoms with Gasteiger partial charge in [-0.25, -0.2) is 0 Å². The summed E-state index contributed by atoms with van der Waals surface area (Å²) >= 11 is 8.19. The normalized spacial score (nSPS) is 18.1. The van der Waals surface area contributed by atoms with Crippen LogP contribution in [0.5, 0.6) is 0 Å². The van der Waals surface area contributed by atoms with Gasteiger partial charge in [-0.15, -0.1) is 0 Å². The summed E-state index contributed by atoms with van der Waals surface area (Å²) in [6.45, 7) is 3.90. The summed E-state index contributed by atoms with van der Waals surface area (Å²) in [5.41, 5.74) is 2.15. The van der Waals surface area contributed by atoms with E-state index in [-0.39, 0.29) is 0 Å². The molecule has 0 aliphatic heterocycles. The Morgan fingerprint density at radius 3 is 2.65 bits per heavy atom. The molecule has 2 rings (SSSR count). The fourth-order valence-electron chi connectivity index (χ4n) is 2.31. The molecule has 0 spiro atoms. The fraction of sp³-hybridized carbons (Fsp3) is 0.750. The van der Waals surface area contributed by atoms with Gasteiger partial charge in [0.25, 0.3) is 0 Å². The zero-order valence-corrected chi connectivity index (χ0v) is 12.3. The molecule has 96 valence electrons. The molecule has 0 saturated heterocycles. The average Bonchev–Trinajstić information content (AvgIpc) is 2.48. The summed E-state index contributed by atoms with van der Waals surface area (Å²) in [6.07, 6.45) is 6.25. The SMILES string of the molecule is CSC1(CNCc2c(C)nn(C)c2Cl)CCC1. The zero-order valence-electron chi connectivity index (χ0n) is 10.7. The van der Waals surface area contributed by atoms with Gasteiger partial charge in [-0.1, -0.05) is 18.0 Å². The Bertz CT molecular complexity index is 393. The second-order valence-corrected chi connectivity index (χ2v) is 6.45. The molecule has 1 aliphatic carbocycles. The zero-order chi connectivity index (χ0) is 12.5. The van der Waals surface area contributed by atoms with Gasteiger partial charge in [0.05, 0.1) is 5.69 Å². The van der Waals surface area contributed by atoms with Crippen molar-refractivity contribution in [3.8, 4) is 0 Å². The highest BCUT2D eigenvalue weighted by molar-refractivity contribution is 8.00. The van der Waals surface area contributed by atoms with Crippen LogP contribution in [-0.2, 0) is 13.6 Å². The molecule has 0 unspecified atom stereocenters. The van der Waals surface area contributed by atoms with E-state index >= 15 is 0 Å². The molecular formula is C12H20ClN3S. The summed E-state index contributed by atoms with van der Waals surface area (Å²) in [6, 6.07) is 0. The van der Waals surface area contributed by atoms with Crippen LogP contribution in [0, 0.1) is 6.92 Å². The monoisotopic (exact) mass is 273 g/mol. The minimum atomic E-state index is 0.475. The molecule has 0 radical (unpaired) electrons. The van der Waals surface area contributed by atoms with E-state index in [1.165, 1.54) is 19.3 Å². The van der Waals surface area contributed by atoms with Crippen LogP contribution >= 0.6 is 23.4 Å². The average molecular weight is 274 g/mol. The standard InChI is InChI=1S/C12H20ClN3S/c1-9-10(11(13)16(2)15-9)7-14-8-12(17-3)5-4-6-12/h14H,4-8H2,1-3H3. The Hall–Kier alpha value is -0.190. The second-order valence-electron chi connectivity index (χ2n) is 4.82. The van der Waals surface area contributed by atoms with Gasteiger partial charge in [0, 0.05) is 30.4 Å². The van der Waals surface area contributed by atoms with Gasteiger partial charge in [-0.05, 0) is 26.0 Å². The number of thioether (sulfide) groups is 1. The van der Waals surface area contributed by atoms with Crippen LogP contribution in [0.4, 0.5) is 0 Å². The molecule has 1 saturated carbocycles. The third-order valence-electron chi connectivity index (χ3n) is 3.72. The van der Waals surface area contributed by atoms with Crippen LogP contribution in [0.1, 0.15) is 30.5 Å². The summed E-state index contributed by atoms with van der Waals surface area (Å²) in [4.78, 5) is 0. The smallest absolute Gasteiger partial charge is 0.131 e. The minimum Gasteiger partial charge on any atom is -0.311 e. The summed E-state index contributed by atoms with van der Waals surface area (Å²) < 4.78 is 2.21. The van der Waals surface area contributed by atoms with Crippen molar-refractivity contribution in [1.82, 2.24) is 15.1 Å². The number of hydrogen-bond acceptors (Lipinski definition) is 3. The van der Waals surface area contributed by atoms with Crippen LogP contribution < -0.4 is 5.32 Å². The highest BCUT2D eigenvalue weighted by Gasteiger charge is 2.35. The van der Waals surface area contributed by atoms with Crippen molar-refractivity contribution in [1.29, 1.82) is 0 Å².